The maximum atomic E-state index is 6.07. The van der Waals surface area contributed by atoms with Crippen molar-refractivity contribution in [2.75, 3.05) is 5.73 Å². The van der Waals surface area contributed by atoms with Gasteiger partial charge >= 0.3 is 0 Å². The molecule has 0 atom stereocenters. The summed E-state index contributed by atoms with van der Waals surface area (Å²) in [6.07, 6.45) is 0.788. The maximum Gasteiger partial charge on any atom is 0.172 e. The lowest BCUT2D eigenvalue weighted by Crippen LogP contribution is -1.91. The number of nitrogens with zero attached hydrogens (tertiary/aromatic N) is 1. The number of aryl methyl sites for hydroxylation is 1. The molecule has 2 N–H and O–H groups in total. The minimum absolute atomic E-state index is 0.453. The summed E-state index contributed by atoms with van der Waals surface area (Å²) in [5.74, 6) is 1.16. The molecule has 0 radical (unpaired) electrons. The number of nitrogen functional groups attached to an aromatic ring is 1. The fourth-order valence-electron chi connectivity index (χ4n) is 1.62. The van der Waals surface area contributed by atoms with Gasteiger partial charge in [0.1, 0.15) is 0 Å². The fourth-order valence-corrected chi connectivity index (χ4v) is 1.80. The van der Waals surface area contributed by atoms with Gasteiger partial charge < -0.3 is 10.3 Å². The summed E-state index contributed by atoms with van der Waals surface area (Å²) in [6, 6.07) is 5.78. The standard InChI is InChI=1S/C12H13ClN2O/c1-3-9-11(16-15-12(9)14)8-5-4-7(2)10(13)6-8/h4-6H,3H2,1-2H3,(H2,14,15). The molecule has 4 heteroatoms. The van der Waals surface area contributed by atoms with Gasteiger partial charge in [-0.3, -0.25) is 0 Å². The Morgan fingerprint density at radius 1 is 1.44 bits per heavy atom. The molecule has 2 rings (SSSR count). The molecule has 3 nitrogen and oxygen atoms in total. The maximum absolute atomic E-state index is 6.07. The summed E-state index contributed by atoms with van der Waals surface area (Å²) in [4.78, 5) is 0. The summed E-state index contributed by atoms with van der Waals surface area (Å²) < 4.78 is 5.23. The van der Waals surface area contributed by atoms with E-state index in [0.29, 0.717) is 11.6 Å². The van der Waals surface area contributed by atoms with Crippen molar-refractivity contribution in [2.45, 2.75) is 20.3 Å². The summed E-state index contributed by atoms with van der Waals surface area (Å²) in [6.45, 7) is 3.98. The molecular formula is C12H13ClN2O. The van der Waals surface area contributed by atoms with E-state index in [4.69, 9.17) is 21.9 Å². The summed E-state index contributed by atoms with van der Waals surface area (Å²) >= 11 is 6.07. The molecule has 16 heavy (non-hydrogen) atoms. The Morgan fingerprint density at radius 2 is 2.19 bits per heavy atom. The minimum Gasteiger partial charge on any atom is -0.381 e. The van der Waals surface area contributed by atoms with Gasteiger partial charge in [-0.05, 0) is 25.0 Å². The Bertz CT molecular complexity index is 520. The van der Waals surface area contributed by atoms with Crippen LogP contribution in [-0.2, 0) is 6.42 Å². The van der Waals surface area contributed by atoms with Gasteiger partial charge in [0.2, 0.25) is 0 Å². The average molecular weight is 237 g/mol. The second kappa shape index (κ2) is 4.18. The Hall–Kier alpha value is -1.48. The van der Waals surface area contributed by atoms with Crippen LogP contribution >= 0.6 is 11.6 Å². The van der Waals surface area contributed by atoms with E-state index in [0.717, 1.165) is 28.1 Å². The van der Waals surface area contributed by atoms with E-state index in [-0.39, 0.29) is 0 Å². The third-order valence-electron chi connectivity index (χ3n) is 2.61. The molecule has 0 unspecified atom stereocenters. The molecule has 84 valence electrons. The number of hydrogen-bond donors (Lipinski definition) is 1. The van der Waals surface area contributed by atoms with E-state index in [1.807, 2.05) is 32.0 Å². The summed E-state index contributed by atoms with van der Waals surface area (Å²) in [7, 11) is 0. The van der Waals surface area contributed by atoms with Gasteiger partial charge in [0.25, 0.3) is 0 Å². The molecule has 0 spiro atoms. The smallest absolute Gasteiger partial charge is 0.172 e. The van der Waals surface area contributed by atoms with Crippen LogP contribution < -0.4 is 5.73 Å². The van der Waals surface area contributed by atoms with E-state index >= 15 is 0 Å². The van der Waals surface area contributed by atoms with Crippen molar-refractivity contribution in [3.8, 4) is 11.3 Å². The highest BCUT2D eigenvalue weighted by atomic mass is 35.5. The molecule has 0 aliphatic rings. The SMILES string of the molecule is CCc1c(N)noc1-c1ccc(C)c(Cl)c1. The van der Waals surface area contributed by atoms with Gasteiger partial charge in [-0.2, -0.15) is 0 Å². The molecular weight excluding hydrogens is 224 g/mol. The van der Waals surface area contributed by atoms with Gasteiger partial charge in [0.05, 0.1) is 0 Å². The first-order valence-corrected chi connectivity index (χ1v) is 5.51. The second-order valence-electron chi connectivity index (χ2n) is 3.69. The van der Waals surface area contributed by atoms with Crippen molar-refractivity contribution >= 4 is 17.4 Å². The van der Waals surface area contributed by atoms with Crippen LogP contribution in [-0.4, -0.2) is 5.16 Å². The highest BCUT2D eigenvalue weighted by Gasteiger charge is 2.14. The number of benzene rings is 1. The van der Waals surface area contributed by atoms with Crippen molar-refractivity contribution in [3.63, 3.8) is 0 Å². The minimum atomic E-state index is 0.453. The molecule has 0 bridgehead atoms. The first-order valence-electron chi connectivity index (χ1n) is 5.14. The van der Waals surface area contributed by atoms with E-state index in [1.165, 1.54) is 0 Å². The zero-order valence-electron chi connectivity index (χ0n) is 9.25. The average Bonchev–Trinajstić information content (AvgIpc) is 2.63. The first-order chi connectivity index (χ1) is 7.63. The van der Waals surface area contributed by atoms with Gasteiger partial charge in [0.15, 0.2) is 11.6 Å². The topological polar surface area (TPSA) is 52.0 Å². The van der Waals surface area contributed by atoms with Gasteiger partial charge in [-0.25, -0.2) is 0 Å². The van der Waals surface area contributed by atoms with Gasteiger partial charge in [0, 0.05) is 16.1 Å². The Labute approximate surface area is 99.2 Å². The summed E-state index contributed by atoms with van der Waals surface area (Å²) in [5.41, 5.74) is 8.60. The zero-order chi connectivity index (χ0) is 11.7. The quantitative estimate of drug-likeness (QED) is 0.869. The highest BCUT2D eigenvalue weighted by molar-refractivity contribution is 6.31. The zero-order valence-corrected chi connectivity index (χ0v) is 10.0. The predicted molar refractivity (Wildman–Crippen MR) is 65.5 cm³/mol. The monoisotopic (exact) mass is 236 g/mol. The molecule has 0 saturated heterocycles. The lowest BCUT2D eigenvalue weighted by Gasteiger charge is -2.02. The third kappa shape index (κ3) is 1.78. The van der Waals surface area contributed by atoms with Crippen molar-refractivity contribution in [1.29, 1.82) is 0 Å². The Morgan fingerprint density at radius 3 is 2.81 bits per heavy atom. The number of aromatic nitrogens is 1. The van der Waals surface area contributed by atoms with E-state index in [2.05, 4.69) is 5.16 Å². The van der Waals surface area contributed by atoms with Crippen molar-refractivity contribution in [3.05, 3.63) is 34.3 Å². The first kappa shape index (κ1) is 11.0. The fraction of sp³-hybridized carbons (Fsp3) is 0.250. The molecule has 1 aromatic carbocycles. The lowest BCUT2D eigenvalue weighted by atomic mass is 10.1. The van der Waals surface area contributed by atoms with Crippen LogP contribution in [0.4, 0.5) is 5.82 Å². The van der Waals surface area contributed by atoms with E-state index in [9.17, 15) is 0 Å². The number of anilines is 1. The largest absolute Gasteiger partial charge is 0.381 e. The lowest BCUT2D eigenvalue weighted by molar-refractivity contribution is 0.435. The van der Waals surface area contributed by atoms with Crippen LogP contribution in [0, 0.1) is 6.92 Å². The normalized spacial score (nSPS) is 10.7. The van der Waals surface area contributed by atoms with E-state index in [1.54, 1.807) is 0 Å². The van der Waals surface area contributed by atoms with Crippen molar-refractivity contribution < 1.29 is 4.52 Å². The Balaban J connectivity index is 2.54. The number of rotatable bonds is 2. The molecule has 0 fully saturated rings. The number of halogens is 1. The molecule has 0 saturated carbocycles. The van der Waals surface area contributed by atoms with Crippen LogP contribution in [0.5, 0.6) is 0 Å². The Kier molecular flexibility index (Phi) is 2.88. The third-order valence-corrected chi connectivity index (χ3v) is 3.01. The highest BCUT2D eigenvalue weighted by Crippen LogP contribution is 2.30. The van der Waals surface area contributed by atoms with Crippen LogP contribution in [0.25, 0.3) is 11.3 Å². The molecule has 0 amide bonds. The number of nitrogens with two attached hydrogens (primary N) is 1. The van der Waals surface area contributed by atoms with Crippen molar-refractivity contribution in [1.82, 2.24) is 5.16 Å². The molecule has 1 aromatic heterocycles. The molecule has 1 heterocycles. The van der Waals surface area contributed by atoms with Crippen molar-refractivity contribution in [2.24, 2.45) is 0 Å². The van der Waals surface area contributed by atoms with Crippen LogP contribution in [0.3, 0.4) is 0 Å². The predicted octanol–water partition coefficient (Wildman–Crippen LogP) is 3.45. The van der Waals surface area contributed by atoms with Crippen LogP contribution in [0.1, 0.15) is 18.1 Å². The van der Waals surface area contributed by atoms with Crippen LogP contribution in [0.15, 0.2) is 22.7 Å². The molecule has 2 aromatic rings. The molecule has 0 aliphatic heterocycles. The summed E-state index contributed by atoms with van der Waals surface area (Å²) in [5, 5.41) is 4.49. The van der Waals surface area contributed by atoms with E-state index < -0.39 is 0 Å². The second-order valence-corrected chi connectivity index (χ2v) is 4.10. The van der Waals surface area contributed by atoms with Crippen LogP contribution in [0.2, 0.25) is 5.02 Å². The number of hydrogen-bond acceptors (Lipinski definition) is 3. The van der Waals surface area contributed by atoms with Gasteiger partial charge in [-0.15, -0.1) is 0 Å². The van der Waals surface area contributed by atoms with Gasteiger partial charge in [-0.1, -0.05) is 35.8 Å². The molecule has 0 aliphatic carbocycles.